The fourth-order valence-corrected chi connectivity index (χ4v) is 4.31. The Balaban J connectivity index is 1.52. The van der Waals surface area contributed by atoms with Crippen molar-refractivity contribution in [2.45, 2.75) is 6.04 Å². The van der Waals surface area contributed by atoms with E-state index in [1.165, 1.54) is 11.3 Å². The SMILES string of the molecule is COc1cccc([C@H](CNC(=O)c2nc3ccccc3s2)N2CCOCC2)c1. The Morgan fingerprint density at radius 1 is 1.25 bits per heavy atom. The lowest BCUT2D eigenvalue weighted by Crippen LogP contribution is -2.43. The lowest BCUT2D eigenvalue weighted by atomic mass is 10.0. The number of para-hydroxylation sites is 1. The van der Waals surface area contributed by atoms with Crippen LogP contribution in [0, 0.1) is 0 Å². The number of hydrogen-bond acceptors (Lipinski definition) is 6. The van der Waals surface area contributed by atoms with Crippen molar-refractivity contribution in [3.8, 4) is 5.75 Å². The summed E-state index contributed by atoms with van der Waals surface area (Å²) in [6.07, 6.45) is 0. The van der Waals surface area contributed by atoms with E-state index in [2.05, 4.69) is 21.3 Å². The average Bonchev–Trinajstić information content (AvgIpc) is 3.19. The van der Waals surface area contributed by atoms with E-state index in [1.54, 1.807) is 7.11 Å². The summed E-state index contributed by atoms with van der Waals surface area (Å²) < 4.78 is 11.9. The molecular weight excluding hydrogens is 374 g/mol. The molecule has 0 unspecified atom stereocenters. The second kappa shape index (κ2) is 8.68. The molecule has 2 aromatic carbocycles. The van der Waals surface area contributed by atoms with Crippen molar-refractivity contribution >= 4 is 27.5 Å². The summed E-state index contributed by atoms with van der Waals surface area (Å²) in [5.74, 6) is 0.676. The molecule has 0 spiro atoms. The first kappa shape index (κ1) is 18.9. The summed E-state index contributed by atoms with van der Waals surface area (Å²) in [5, 5.41) is 3.57. The number of methoxy groups -OCH3 is 1. The number of ether oxygens (including phenoxy) is 2. The first-order valence-corrected chi connectivity index (χ1v) is 10.2. The molecule has 2 heterocycles. The smallest absolute Gasteiger partial charge is 0.280 e. The normalized spacial score (nSPS) is 16.0. The summed E-state index contributed by atoms with van der Waals surface area (Å²) in [7, 11) is 1.66. The predicted molar refractivity (Wildman–Crippen MR) is 110 cm³/mol. The monoisotopic (exact) mass is 397 g/mol. The summed E-state index contributed by atoms with van der Waals surface area (Å²) in [6.45, 7) is 3.57. The van der Waals surface area contributed by atoms with Gasteiger partial charge < -0.3 is 14.8 Å². The van der Waals surface area contributed by atoms with E-state index in [9.17, 15) is 4.79 Å². The third-order valence-corrected chi connectivity index (χ3v) is 5.94. The average molecular weight is 398 g/mol. The van der Waals surface area contributed by atoms with Gasteiger partial charge in [0.2, 0.25) is 0 Å². The van der Waals surface area contributed by atoms with E-state index in [0.717, 1.165) is 34.6 Å². The summed E-state index contributed by atoms with van der Waals surface area (Å²) in [6, 6.07) is 15.9. The summed E-state index contributed by atoms with van der Waals surface area (Å²) in [4.78, 5) is 19.5. The summed E-state index contributed by atoms with van der Waals surface area (Å²) >= 11 is 1.42. The number of carbonyl (C=O) groups excluding carboxylic acids is 1. The molecule has 7 heteroatoms. The van der Waals surface area contributed by atoms with E-state index in [4.69, 9.17) is 9.47 Å². The van der Waals surface area contributed by atoms with Crippen molar-refractivity contribution in [3.05, 3.63) is 59.1 Å². The standard InChI is InChI=1S/C21H23N3O3S/c1-26-16-6-4-5-15(13-16)18(24-9-11-27-12-10-24)14-22-20(25)21-23-17-7-2-3-8-19(17)28-21/h2-8,13,18H,9-12,14H2,1H3,(H,22,25)/t18-/m0/s1. The molecule has 4 rings (SSSR count). The zero-order valence-corrected chi connectivity index (χ0v) is 16.6. The van der Waals surface area contributed by atoms with Gasteiger partial charge in [-0.3, -0.25) is 9.69 Å². The van der Waals surface area contributed by atoms with Crippen LogP contribution in [-0.4, -0.2) is 55.7 Å². The molecule has 1 aliphatic rings. The summed E-state index contributed by atoms with van der Waals surface area (Å²) in [5.41, 5.74) is 1.97. The number of nitrogens with zero attached hydrogens (tertiary/aromatic N) is 2. The molecular formula is C21H23N3O3S. The molecule has 0 saturated carbocycles. The van der Waals surface area contributed by atoms with Crippen molar-refractivity contribution in [2.24, 2.45) is 0 Å². The number of hydrogen-bond donors (Lipinski definition) is 1. The molecule has 1 atom stereocenters. The Labute approximate surface area is 168 Å². The minimum atomic E-state index is -0.137. The highest BCUT2D eigenvalue weighted by Gasteiger charge is 2.24. The Morgan fingerprint density at radius 2 is 2.07 bits per heavy atom. The highest BCUT2D eigenvalue weighted by atomic mass is 32.1. The molecule has 28 heavy (non-hydrogen) atoms. The molecule has 146 valence electrons. The van der Waals surface area contributed by atoms with Crippen LogP contribution in [0.15, 0.2) is 48.5 Å². The molecule has 0 radical (unpaired) electrons. The Morgan fingerprint density at radius 3 is 2.86 bits per heavy atom. The Bertz CT molecular complexity index is 920. The third kappa shape index (κ3) is 4.16. The molecule has 1 amide bonds. The van der Waals surface area contributed by atoms with Crippen LogP contribution in [0.2, 0.25) is 0 Å². The molecule has 0 bridgehead atoms. The van der Waals surface area contributed by atoms with Crippen LogP contribution in [-0.2, 0) is 4.74 Å². The third-order valence-electron chi connectivity index (χ3n) is 4.91. The number of fused-ring (bicyclic) bond motifs is 1. The van der Waals surface area contributed by atoms with Crippen LogP contribution in [0.5, 0.6) is 5.75 Å². The van der Waals surface area contributed by atoms with Crippen molar-refractivity contribution in [1.82, 2.24) is 15.2 Å². The van der Waals surface area contributed by atoms with Crippen LogP contribution in [0.1, 0.15) is 21.4 Å². The lowest BCUT2D eigenvalue weighted by molar-refractivity contribution is 0.0162. The number of amides is 1. The fraction of sp³-hybridized carbons (Fsp3) is 0.333. The highest BCUT2D eigenvalue weighted by molar-refractivity contribution is 7.20. The van der Waals surface area contributed by atoms with Gasteiger partial charge in [0, 0.05) is 19.6 Å². The van der Waals surface area contributed by atoms with Crippen molar-refractivity contribution in [1.29, 1.82) is 0 Å². The molecule has 0 aliphatic carbocycles. The molecule has 1 aromatic heterocycles. The van der Waals surface area contributed by atoms with Crippen LogP contribution in [0.25, 0.3) is 10.2 Å². The Hall–Kier alpha value is -2.48. The number of nitrogens with one attached hydrogen (secondary N) is 1. The van der Waals surface area contributed by atoms with E-state index in [-0.39, 0.29) is 11.9 Å². The van der Waals surface area contributed by atoms with E-state index in [1.807, 2.05) is 42.5 Å². The maximum absolute atomic E-state index is 12.7. The maximum atomic E-state index is 12.7. The molecule has 6 nitrogen and oxygen atoms in total. The first-order chi connectivity index (χ1) is 13.7. The number of carbonyl (C=O) groups is 1. The van der Waals surface area contributed by atoms with Gasteiger partial charge in [0.25, 0.3) is 5.91 Å². The molecule has 1 N–H and O–H groups in total. The fourth-order valence-electron chi connectivity index (χ4n) is 3.43. The van der Waals surface area contributed by atoms with Crippen LogP contribution in [0.4, 0.5) is 0 Å². The molecule has 1 fully saturated rings. The van der Waals surface area contributed by atoms with Gasteiger partial charge in [-0.15, -0.1) is 11.3 Å². The molecule has 1 aliphatic heterocycles. The van der Waals surface area contributed by atoms with Gasteiger partial charge in [-0.2, -0.15) is 0 Å². The number of morpholine rings is 1. The van der Waals surface area contributed by atoms with Gasteiger partial charge in [0.1, 0.15) is 5.75 Å². The minimum absolute atomic E-state index is 0.0531. The van der Waals surface area contributed by atoms with Crippen LogP contribution < -0.4 is 10.1 Å². The van der Waals surface area contributed by atoms with Crippen molar-refractivity contribution in [2.75, 3.05) is 40.0 Å². The number of benzene rings is 2. The van der Waals surface area contributed by atoms with Gasteiger partial charge in [-0.25, -0.2) is 4.98 Å². The molecule has 3 aromatic rings. The zero-order valence-electron chi connectivity index (χ0n) is 15.8. The number of rotatable bonds is 6. The van der Waals surface area contributed by atoms with Crippen molar-refractivity contribution < 1.29 is 14.3 Å². The van der Waals surface area contributed by atoms with Crippen LogP contribution >= 0.6 is 11.3 Å². The number of aromatic nitrogens is 1. The van der Waals surface area contributed by atoms with Gasteiger partial charge in [0.05, 0.1) is 36.6 Å². The van der Waals surface area contributed by atoms with Gasteiger partial charge in [0.15, 0.2) is 5.01 Å². The van der Waals surface area contributed by atoms with E-state index in [0.29, 0.717) is 24.8 Å². The van der Waals surface area contributed by atoms with Crippen LogP contribution in [0.3, 0.4) is 0 Å². The predicted octanol–water partition coefficient (Wildman–Crippen LogP) is 3.11. The second-order valence-electron chi connectivity index (χ2n) is 6.64. The highest BCUT2D eigenvalue weighted by Crippen LogP contribution is 2.26. The largest absolute Gasteiger partial charge is 0.497 e. The minimum Gasteiger partial charge on any atom is -0.497 e. The Kier molecular flexibility index (Phi) is 5.85. The maximum Gasteiger partial charge on any atom is 0.280 e. The van der Waals surface area contributed by atoms with Gasteiger partial charge in [-0.1, -0.05) is 24.3 Å². The number of thiazole rings is 1. The zero-order chi connectivity index (χ0) is 19.3. The topological polar surface area (TPSA) is 63.7 Å². The van der Waals surface area contributed by atoms with Crippen molar-refractivity contribution in [3.63, 3.8) is 0 Å². The van der Waals surface area contributed by atoms with Gasteiger partial charge >= 0.3 is 0 Å². The first-order valence-electron chi connectivity index (χ1n) is 9.34. The second-order valence-corrected chi connectivity index (χ2v) is 7.67. The van der Waals surface area contributed by atoms with E-state index < -0.39 is 0 Å². The molecule has 1 saturated heterocycles. The quantitative estimate of drug-likeness (QED) is 0.692. The van der Waals surface area contributed by atoms with E-state index >= 15 is 0 Å². The van der Waals surface area contributed by atoms with Gasteiger partial charge in [-0.05, 0) is 29.8 Å². The lowest BCUT2D eigenvalue weighted by Gasteiger charge is -2.35.